The number of morpholine rings is 1. The van der Waals surface area contributed by atoms with Crippen LogP contribution in [0.3, 0.4) is 0 Å². The first-order valence-corrected chi connectivity index (χ1v) is 11.6. The molecule has 4 rings (SSSR count). The van der Waals surface area contributed by atoms with Gasteiger partial charge in [0, 0.05) is 24.5 Å². The van der Waals surface area contributed by atoms with E-state index in [1.54, 1.807) is 12.1 Å². The molecule has 6 heteroatoms. The molecule has 0 amide bonds. The van der Waals surface area contributed by atoms with Gasteiger partial charge in [-0.05, 0) is 30.2 Å². The number of hydrogen-bond donors (Lipinski definition) is 0. The number of halogens is 3. The first-order valence-electron chi connectivity index (χ1n) is 10.7. The van der Waals surface area contributed by atoms with Crippen LogP contribution in [0.4, 0.5) is 13.2 Å². The summed E-state index contributed by atoms with van der Waals surface area (Å²) in [6, 6.07) is 24.0. The molecule has 0 N–H and O–H groups in total. The maximum absolute atomic E-state index is 13.6. The molecule has 1 saturated heterocycles. The zero-order valence-electron chi connectivity index (χ0n) is 17.9. The molecule has 1 aliphatic heterocycles. The van der Waals surface area contributed by atoms with Crippen LogP contribution in [0.15, 0.2) is 83.8 Å². The normalized spacial score (nSPS) is 18.4. The molecular formula is C26H26F3NOS. The number of rotatable bonds is 6. The highest BCUT2D eigenvalue weighted by Gasteiger charge is 2.36. The monoisotopic (exact) mass is 457 g/mol. The summed E-state index contributed by atoms with van der Waals surface area (Å²) in [5.41, 5.74) is 2.71. The van der Waals surface area contributed by atoms with Gasteiger partial charge in [-0.1, -0.05) is 72.3 Å². The van der Waals surface area contributed by atoms with Gasteiger partial charge in [-0.3, -0.25) is 4.90 Å². The average Bonchev–Trinajstić information content (AvgIpc) is 2.79. The molecule has 0 aliphatic carbocycles. The van der Waals surface area contributed by atoms with Crippen LogP contribution in [-0.4, -0.2) is 30.7 Å². The zero-order chi connectivity index (χ0) is 22.6. The Morgan fingerprint density at radius 1 is 0.969 bits per heavy atom. The largest absolute Gasteiger partial charge is 0.417 e. The molecule has 0 bridgehead atoms. The summed E-state index contributed by atoms with van der Waals surface area (Å²) in [5.74, 6) is 0. The highest BCUT2D eigenvalue weighted by molar-refractivity contribution is 7.99. The molecule has 168 valence electrons. The average molecular weight is 458 g/mol. The van der Waals surface area contributed by atoms with Crippen LogP contribution in [-0.2, 0) is 17.5 Å². The lowest BCUT2D eigenvalue weighted by atomic mass is 10.0. The second-order valence-corrected chi connectivity index (χ2v) is 9.26. The van der Waals surface area contributed by atoms with Crippen molar-refractivity contribution in [1.82, 2.24) is 4.90 Å². The van der Waals surface area contributed by atoms with Crippen molar-refractivity contribution in [3.8, 4) is 0 Å². The number of ether oxygens (including phenoxy) is 1. The SMILES string of the molecule is Cc1ccc([C@H](Sc2ccccc2C(F)(F)F)[C@@H]2CN(Cc3ccccc3)CCO2)cc1. The first-order chi connectivity index (χ1) is 15.4. The van der Waals surface area contributed by atoms with Crippen molar-refractivity contribution in [1.29, 1.82) is 0 Å². The third-order valence-corrected chi connectivity index (χ3v) is 7.06. The maximum Gasteiger partial charge on any atom is 0.417 e. The second-order valence-electron chi connectivity index (χ2n) is 8.07. The van der Waals surface area contributed by atoms with Gasteiger partial charge in [-0.2, -0.15) is 13.2 Å². The van der Waals surface area contributed by atoms with Gasteiger partial charge in [-0.25, -0.2) is 0 Å². The summed E-state index contributed by atoms with van der Waals surface area (Å²) in [5, 5.41) is -0.252. The van der Waals surface area contributed by atoms with Crippen LogP contribution >= 0.6 is 11.8 Å². The smallest absolute Gasteiger partial charge is 0.374 e. The van der Waals surface area contributed by atoms with Gasteiger partial charge in [0.2, 0.25) is 0 Å². The van der Waals surface area contributed by atoms with Crippen LogP contribution in [0.25, 0.3) is 0 Å². The molecule has 1 heterocycles. The summed E-state index contributed by atoms with van der Waals surface area (Å²) in [6.45, 7) is 4.82. The molecule has 0 saturated carbocycles. The van der Waals surface area contributed by atoms with Crippen molar-refractivity contribution >= 4 is 11.8 Å². The van der Waals surface area contributed by atoms with Gasteiger partial charge in [0.1, 0.15) is 0 Å². The molecule has 0 unspecified atom stereocenters. The fourth-order valence-electron chi connectivity index (χ4n) is 3.96. The van der Waals surface area contributed by atoms with Crippen molar-refractivity contribution in [2.75, 3.05) is 19.7 Å². The van der Waals surface area contributed by atoms with Gasteiger partial charge in [0.05, 0.1) is 23.5 Å². The van der Waals surface area contributed by atoms with E-state index in [9.17, 15) is 13.2 Å². The van der Waals surface area contributed by atoms with Crippen molar-refractivity contribution in [2.45, 2.75) is 35.9 Å². The van der Waals surface area contributed by atoms with Crippen LogP contribution in [0, 0.1) is 6.92 Å². The van der Waals surface area contributed by atoms with E-state index in [-0.39, 0.29) is 16.2 Å². The molecule has 0 aromatic heterocycles. The number of alkyl halides is 3. The Morgan fingerprint density at radius 3 is 2.38 bits per heavy atom. The molecule has 0 spiro atoms. The minimum atomic E-state index is -4.39. The quantitative estimate of drug-likeness (QED) is 0.380. The Bertz CT molecular complexity index is 1010. The summed E-state index contributed by atoms with van der Waals surface area (Å²) >= 11 is 1.24. The van der Waals surface area contributed by atoms with Crippen molar-refractivity contribution in [2.24, 2.45) is 0 Å². The van der Waals surface area contributed by atoms with Gasteiger partial charge in [0.15, 0.2) is 0 Å². The summed E-state index contributed by atoms with van der Waals surface area (Å²) in [7, 11) is 0. The number of aryl methyl sites for hydroxylation is 1. The lowest BCUT2D eigenvalue weighted by Crippen LogP contribution is -2.44. The Balaban J connectivity index is 1.61. The minimum absolute atomic E-state index is 0.221. The summed E-state index contributed by atoms with van der Waals surface area (Å²) in [4.78, 5) is 2.55. The molecular weight excluding hydrogens is 431 g/mol. The molecule has 2 nitrogen and oxygen atoms in total. The topological polar surface area (TPSA) is 12.5 Å². The van der Waals surface area contributed by atoms with E-state index < -0.39 is 11.7 Å². The van der Waals surface area contributed by atoms with Gasteiger partial charge in [-0.15, -0.1) is 11.8 Å². The predicted octanol–water partition coefficient (Wildman–Crippen LogP) is 6.75. The molecule has 1 fully saturated rings. The Labute approximate surface area is 191 Å². The standard InChI is InChI=1S/C26H26F3NOS/c1-19-11-13-21(14-12-19)25(32-24-10-6-5-9-22(24)26(27,28)29)23-18-30(15-16-31-23)17-20-7-3-2-4-8-20/h2-14,23,25H,15-18H2,1H3/t23-,25-/m0/s1. The third-order valence-electron chi connectivity index (χ3n) is 5.62. The second kappa shape index (κ2) is 10.1. The van der Waals surface area contributed by atoms with E-state index in [2.05, 4.69) is 17.0 Å². The lowest BCUT2D eigenvalue weighted by Gasteiger charge is -2.37. The predicted molar refractivity (Wildman–Crippen MR) is 123 cm³/mol. The lowest BCUT2D eigenvalue weighted by molar-refractivity contribution is -0.139. The number of hydrogen-bond acceptors (Lipinski definition) is 3. The van der Waals surface area contributed by atoms with Gasteiger partial charge in [0.25, 0.3) is 0 Å². The summed E-state index contributed by atoms with van der Waals surface area (Å²) < 4.78 is 47.1. The van der Waals surface area contributed by atoms with E-state index in [1.165, 1.54) is 23.4 Å². The highest BCUT2D eigenvalue weighted by Crippen LogP contribution is 2.45. The van der Waals surface area contributed by atoms with Crippen LogP contribution in [0.2, 0.25) is 0 Å². The zero-order valence-corrected chi connectivity index (χ0v) is 18.7. The van der Waals surface area contributed by atoms with E-state index in [1.807, 2.05) is 49.4 Å². The Morgan fingerprint density at radius 2 is 1.66 bits per heavy atom. The molecule has 1 aliphatic rings. The molecule has 3 aromatic rings. The molecule has 0 radical (unpaired) electrons. The number of nitrogens with zero attached hydrogens (tertiary/aromatic N) is 1. The summed E-state index contributed by atoms with van der Waals surface area (Å²) in [6.07, 6.45) is -4.62. The van der Waals surface area contributed by atoms with E-state index >= 15 is 0 Å². The number of thioether (sulfide) groups is 1. The van der Waals surface area contributed by atoms with Crippen LogP contribution in [0.5, 0.6) is 0 Å². The molecule has 32 heavy (non-hydrogen) atoms. The fourth-order valence-corrected chi connectivity index (χ4v) is 5.31. The Kier molecular flexibility index (Phi) is 7.23. The van der Waals surface area contributed by atoms with Crippen molar-refractivity contribution in [3.63, 3.8) is 0 Å². The van der Waals surface area contributed by atoms with E-state index in [0.29, 0.717) is 13.2 Å². The first kappa shape index (κ1) is 22.9. The highest BCUT2D eigenvalue weighted by atomic mass is 32.2. The maximum atomic E-state index is 13.6. The van der Waals surface area contributed by atoms with Gasteiger partial charge < -0.3 is 4.74 Å². The van der Waals surface area contributed by atoms with Crippen LogP contribution in [0.1, 0.15) is 27.5 Å². The third kappa shape index (κ3) is 5.74. The number of benzene rings is 3. The fraction of sp³-hybridized carbons (Fsp3) is 0.308. The van der Waals surface area contributed by atoms with Crippen molar-refractivity contribution < 1.29 is 17.9 Å². The van der Waals surface area contributed by atoms with Gasteiger partial charge >= 0.3 is 6.18 Å². The minimum Gasteiger partial charge on any atom is -0.374 e. The molecule has 2 atom stereocenters. The van der Waals surface area contributed by atoms with Crippen LogP contribution < -0.4 is 0 Å². The van der Waals surface area contributed by atoms with E-state index in [4.69, 9.17) is 4.74 Å². The van der Waals surface area contributed by atoms with Crippen molar-refractivity contribution in [3.05, 3.63) is 101 Å². The Hall–Kier alpha value is -2.28. The molecule has 3 aromatic carbocycles. The van der Waals surface area contributed by atoms with E-state index in [0.717, 1.165) is 30.3 Å².